The maximum Gasteiger partial charge on any atom is 0.416 e. The number of hydrogen-bond donors (Lipinski definition) is 1. The van der Waals surface area contributed by atoms with Crippen molar-refractivity contribution in [2.24, 2.45) is 0 Å². The Labute approximate surface area is 112 Å². The second-order valence-electron chi connectivity index (χ2n) is 4.35. The number of aliphatic carboxylic acids is 1. The van der Waals surface area contributed by atoms with Crippen molar-refractivity contribution >= 4 is 16.9 Å². The number of nitrogens with zero attached hydrogens (tertiary/aromatic N) is 2. The number of rotatable bonds is 3. The Bertz CT molecular complexity index is 668. The number of aryl methyl sites for hydroxylation is 2. The molecule has 0 aliphatic rings. The fourth-order valence-electron chi connectivity index (χ4n) is 1.85. The van der Waals surface area contributed by atoms with E-state index < -0.39 is 17.7 Å². The van der Waals surface area contributed by atoms with Gasteiger partial charge in [0.2, 0.25) is 0 Å². The molecule has 0 radical (unpaired) electrons. The summed E-state index contributed by atoms with van der Waals surface area (Å²) in [4.78, 5) is 18.6. The fourth-order valence-corrected chi connectivity index (χ4v) is 1.85. The third-order valence-electron chi connectivity index (χ3n) is 2.82. The summed E-state index contributed by atoms with van der Waals surface area (Å²) >= 11 is 0. The highest BCUT2D eigenvalue weighted by atomic mass is 19.4. The van der Waals surface area contributed by atoms with Crippen LogP contribution in [0.2, 0.25) is 0 Å². The molecule has 0 bridgehead atoms. The van der Waals surface area contributed by atoms with E-state index in [4.69, 9.17) is 5.11 Å². The molecule has 0 unspecified atom stereocenters. The lowest BCUT2D eigenvalue weighted by atomic mass is 10.1. The number of hydrogen-bond acceptors (Lipinski definition) is 3. The van der Waals surface area contributed by atoms with Crippen molar-refractivity contribution in [2.45, 2.75) is 25.9 Å². The van der Waals surface area contributed by atoms with Crippen LogP contribution in [0.4, 0.5) is 13.2 Å². The Morgan fingerprint density at radius 3 is 2.60 bits per heavy atom. The number of halogens is 3. The maximum absolute atomic E-state index is 12.6. The fraction of sp³-hybridized carbons (Fsp3) is 0.308. The molecule has 0 spiro atoms. The lowest BCUT2D eigenvalue weighted by Gasteiger charge is -2.09. The summed E-state index contributed by atoms with van der Waals surface area (Å²) in [5.41, 5.74) is -0.0795. The van der Waals surface area contributed by atoms with Crippen molar-refractivity contribution in [3.8, 4) is 0 Å². The normalized spacial score (nSPS) is 11.8. The molecule has 0 saturated heterocycles. The van der Waals surface area contributed by atoms with E-state index in [9.17, 15) is 18.0 Å². The molecule has 0 atom stereocenters. The minimum Gasteiger partial charge on any atom is -0.481 e. The van der Waals surface area contributed by atoms with E-state index in [0.717, 1.165) is 12.1 Å². The monoisotopic (exact) mass is 284 g/mol. The number of carboxylic acids is 1. The quantitative estimate of drug-likeness (QED) is 0.941. The van der Waals surface area contributed by atoms with Crippen molar-refractivity contribution < 1.29 is 23.1 Å². The van der Waals surface area contributed by atoms with E-state index in [-0.39, 0.29) is 24.2 Å². The Morgan fingerprint density at radius 1 is 1.30 bits per heavy atom. The minimum atomic E-state index is -4.44. The van der Waals surface area contributed by atoms with E-state index in [1.54, 1.807) is 6.92 Å². The Kier molecular flexibility index (Phi) is 3.61. The van der Waals surface area contributed by atoms with Gasteiger partial charge in [-0.1, -0.05) is 6.07 Å². The van der Waals surface area contributed by atoms with Gasteiger partial charge in [0.1, 0.15) is 5.82 Å². The van der Waals surface area contributed by atoms with Crippen LogP contribution in [0, 0.1) is 6.92 Å². The van der Waals surface area contributed by atoms with E-state index in [1.807, 2.05) is 0 Å². The first-order valence-corrected chi connectivity index (χ1v) is 5.83. The Balaban J connectivity index is 2.47. The highest BCUT2D eigenvalue weighted by Crippen LogP contribution is 2.31. The molecule has 0 aliphatic carbocycles. The zero-order valence-corrected chi connectivity index (χ0v) is 10.5. The number of carbonyl (C=O) groups is 1. The first kappa shape index (κ1) is 14.2. The van der Waals surface area contributed by atoms with Crippen LogP contribution in [0.25, 0.3) is 10.9 Å². The van der Waals surface area contributed by atoms with Gasteiger partial charge < -0.3 is 5.11 Å². The Hall–Kier alpha value is -2.18. The molecule has 2 rings (SSSR count). The first-order chi connectivity index (χ1) is 9.27. The van der Waals surface area contributed by atoms with Crippen LogP contribution in [0.5, 0.6) is 0 Å². The van der Waals surface area contributed by atoms with Gasteiger partial charge >= 0.3 is 12.1 Å². The molecule has 0 aliphatic heterocycles. The van der Waals surface area contributed by atoms with Crippen molar-refractivity contribution in [2.75, 3.05) is 0 Å². The summed E-state index contributed by atoms with van der Waals surface area (Å²) in [5.74, 6) is -0.771. The molecule has 106 valence electrons. The van der Waals surface area contributed by atoms with Crippen LogP contribution >= 0.6 is 0 Å². The van der Waals surface area contributed by atoms with E-state index in [0.29, 0.717) is 11.1 Å². The summed E-state index contributed by atoms with van der Waals surface area (Å²) < 4.78 is 37.9. The Morgan fingerprint density at radius 2 is 2.00 bits per heavy atom. The predicted octanol–water partition coefficient (Wildman–Crippen LogP) is 2.97. The van der Waals surface area contributed by atoms with Gasteiger partial charge in [-0.3, -0.25) is 4.79 Å². The minimum absolute atomic E-state index is 0.0857. The molecule has 20 heavy (non-hydrogen) atoms. The van der Waals surface area contributed by atoms with Crippen LogP contribution in [-0.2, 0) is 17.4 Å². The van der Waals surface area contributed by atoms with Crippen molar-refractivity contribution in [3.63, 3.8) is 0 Å². The molecule has 1 aromatic heterocycles. The van der Waals surface area contributed by atoms with Crippen LogP contribution < -0.4 is 0 Å². The summed E-state index contributed by atoms with van der Waals surface area (Å²) in [6.07, 6.45) is -4.51. The van der Waals surface area contributed by atoms with Gasteiger partial charge in [-0.05, 0) is 19.1 Å². The van der Waals surface area contributed by atoms with E-state index in [2.05, 4.69) is 9.97 Å². The van der Waals surface area contributed by atoms with Crippen molar-refractivity contribution in [3.05, 3.63) is 35.3 Å². The van der Waals surface area contributed by atoms with E-state index in [1.165, 1.54) is 6.07 Å². The second-order valence-corrected chi connectivity index (χ2v) is 4.35. The molecule has 7 heteroatoms. The van der Waals surface area contributed by atoms with Gasteiger partial charge in [-0.15, -0.1) is 0 Å². The van der Waals surface area contributed by atoms with Crippen LogP contribution in [0.3, 0.4) is 0 Å². The molecule has 2 aromatic rings. The summed E-state index contributed by atoms with van der Waals surface area (Å²) in [7, 11) is 0. The third kappa shape index (κ3) is 3.04. The molecular formula is C13H11F3N2O2. The van der Waals surface area contributed by atoms with Crippen molar-refractivity contribution in [1.29, 1.82) is 0 Å². The van der Waals surface area contributed by atoms with Gasteiger partial charge in [0.15, 0.2) is 0 Å². The maximum atomic E-state index is 12.6. The average Bonchev–Trinajstić information content (AvgIpc) is 2.34. The average molecular weight is 284 g/mol. The smallest absolute Gasteiger partial charge is 0.416 e. The number of fused-ring (bicyclic) bond motifs is 1. The lowest BCUT2D eigenvalue weighted by molar-refractivity contribution is -0.138. The van der Waals surface area contributed by atoms with Gasteiger partial charge in [0.05, 0.1) is 17.5 Å². The highest BCUT2D eigenvalue weighted by Gasteiger charge is 2.30. The van der Waals surface area contributed by atoms with Gasteiger partial charge in [-0.2, -0.15) is 13.2 Å². The number of benzene rings is 1. The molecule has 1 heterocycles. The second kappa shape index (κ2) is 5.07. The standard InChI is InChI=1S/C13H11F3N2O2/c1-7-9-3-2-8(13(14,15)16)6-10(9)18-11(17-7)4-5-12(19)20/h2-3,6H,4-5H2,1H3,(H,19,20). The third-order valence-corrected chi connectivity index (χ3v) is 2.82. The lowest BCUT2D eigenvalue weighted by Crippen LogP contribution is -2.06. The molecule has 0 saturated carbocycles. The zero-order chi connectivity index (χ0) is 14.9. The van der Waals surface area contributed by atoms with Gasteiger partial charge in [0.25, 0.3) is 0 Å². The van der Waals surface area contributed by atoms with Crippen LogP contribution in [0.15, 0.2) is 18.2 Å². The number of alkyl halides is 3. The SMILES string of the molecule is Cc1nc(CCC(=O)O)nc2cc(C(F)(F)F)ccc12. The van der Waals surface area contributed by atoms with E-state index >= 15 is 0 Å². The zero-order valence-electron chi connectivity index (χ0n) is 10.5. The number of carboxylic acid groups (broad SMARTS) is 1. The van der Waals surface area contributed by atoms with Crippen molar-refractivity contribution in [1.82, 2.24) is 9.97 Å². The van der Waals surface area contributed by atoms with Gasteiger partial charge in [0, 0.05) is 17.5 Å². The predicted molar refractivity (Wildman–Crippen MR) is 65.2 cm³/mol. The number of aromatic nitrogens is 2. The van der Waals surface area contributed by atoms with Crippen LogP contribution in [-0.4, -0.2) is 21.0 Å². The summed E-state index contributed by atoms with van der Waals surface area (Å²) in [6.45, 7) is 1.65. The largest absolute Gasteiger partial charge is 0.481 e. The molecule has 0 fully saturated rings. The first-order valence-electron chi connectivity index (χ1n) is 5.83. The molecule has 1 N–H and O–H groups in total. The summed E-state index contributed by atoms with van der Waals surface area (Å²) in [6, 6.07) is 3.26. The molecule has 1 aromatic carbocycles. The molecule has 4 nitrogen and oxygen atoms in total. The summed E-state index contributed by atoms with van der Waals surface area (Å²) in [5, 5.41) is 9.13. The highest BCUT2D eigenvalue weighted by molar-refractivity contribution is 5.81. The van der Waals surface area contributed by atoms with Crippen LogP contribution in [0.1, 0.15) is 23.5 Å². The molecular weight excluding hydrogens is 273 g/mol. The molecule has 0 amide bonds. The van der Waals surface area contributed by atoms with Gasteiger partial charge in [-0.25, -0.2) is 9.97 Å². The topological polar surface area (TPSA) is 63.1 Å².